The van der Waals surface area contributed by atoms with E-state index in [-0.39, 0.29) is 25.1 Å². The van der Waals surface area contributed by atoms with Gasteiger partial charge in [-0.2, -0.15) is 0 Å². The zero-order chi connectivity index (χ0) is 20.7. The number of carbonyl (C=O) groups excluding carboxylic acids is 5. The van der Waals surface area contributed by atoms with E-state index in [4.69, 9.17) is 0 Å². The molecule has 0 unspecified atom stereocenters. The number of rotatable bonds is 8. The molecule has 148 valence electrons. The topological polar surface area (TPSA) is 168 Å². The molecule has 1 aliphatic rings. The highest BCUT2D eigenvalue weighted by molar-refractivity contribution is 6.04. The zero-order valence-corrected chi connectivity index (χ0v) is 14.6. The summed E-state index contributed by atoms with van der Waals surface area (Å²) >= 11 is 0. The Morgan fingerprint density at radius 1 is 0.929 bits per heavy atom. The molecule has 0 atom stereocenters. The maximum atomic E-state index is 11.7. The number of hydrogen-bond donors (Lipinski definition) is 3. The largest absolute Gasteiger partial charge is 0.345 e. The van der Waals surface area contributed by atoms with Crippen LogP contribution in [0.5, 0.6) is 0 Å². The number of hydrogen-bond acceptors (Lipinski definition) is 7. The van der Waals surface area contributed by atoms with Crippen molar-refractivity contribution in [3.05, 3.63) is 34.4 Å². The molecule has 3 N–H and O–H groups in total. The van der Waals surface area contributed by atoms with Crippen molar-refractivity contribution in [1.82, 2.24) is 15.5 Å². The summed E-state index contributed by atoms with van der Waals surface area (Å²) in [4.78, 5) is 68.7. The molecule has 1 heterocycles. The van der Waals surface area contributed by atoms with E-state index in [1.165, 1.54) is 24.3 Å². The third-order valence-electron chi connectivity index (χ3n) is 3.71. The van der Waals surface area contributed by atoms with Crippen LogP contribution >= 0.6 is 0 Å². The lowest BCUT2D eigenvalue weighted by Gasteiger charge is -2.13. The van der Waals surface area contributed by atoms with Gasteiger partial charge in [0, 0.05) is 30.7 Å². The van der Waals surface area contributed by atoms with Crippen molar-refractivity contribution in [3.63, 3.8) is 0 Å². The molecule has 0 radical (unpaired) electrons. The molecule has 1 aromatic carbocycles. The first-order chi connectivity index (χ1) is 13.3. The van der Waals surface area contributed by atoms with Gasteiger partial charge in [-0.15, -0.1) is 0 Å². The molecule has 0 spiro atoms. The fraction of sp³-hybridized carbons (Fsp3) is 0.312. The molecule has 12 heteroatoms. The Balaban J connectivity index is 1.68. The van der Waals surface area contributed by atoms with E-state index >= 15 is 0 Å². The molecule has 1 saturated heterocycles. The Bertz CT molecular complexity index is 805. The summed E-state index contributed by atoms with van der Waals surface area (Å²) < 4.78 is 0. The van der Waals surface area contributed by atoms with Crippen LogP contribution in [0.3, 0.4) is 0 Å². The highest BCUT2D eigenvalue weighted by atomic mass is 16.6. The van der Waals surface area contributed by atoms with Crippen LogP contribution in [0.4, 0.5) is 11.4 Å². The molecule has 0 aliphatic carbocycles. The summed E-state index contributed by atoms with van der Waals surface area (Å²) in [6.45, 7) is -1.26. The van der Waals surface area contributed by atoms with Gasteiger partial charge in [0.2, 0.25) is 29.5 Å². The first-order valence-electron chi connectivity index (χ1n) is 8.17. The lowest BCUT2D eigenvalue weighted by atomic mass is 10.3. The van der Waals surface area contributed by atoms with Crippen LogP contribution in [0, 0.1) is 10.1 Å². The van der Waals surface area contributed by atoms with E-state index in [0.717, 1.165) is 4.90 Å². The summed E-state index contributed by atoms with van der Waals surface area (Å²) in [6, 6.07) is 5.14. The Morgan fingerprint density at radius 3 is 2.04 bits per heavy atom. The SMILES string of the molecule is O=C(CNC(=O)CN1C(=O)CCC1=O)NCC(=O)Nc1ccc([N+](=O)[O-])cc1. The summed E-state index contributed by atoms with van der Waals surface area (Å²) in [5, 5.41) is 17.5. The predicted octanol–water partition coefficient (Wildman–Crippen LogP) is -1.09. The molecular formula is C16H17N5O7. The number of amides is 5. The zero-order valence-electron chi connectivity index (χ0n) is 14.6. The third kappa shape index (κ3) is 5.86. The fourth-order valence-corrected chi connectivity index (χ4v) is 2.29. The van der Waals surface area contributed by atoms with E-state index < -0.39 is 47.5 Å². The summed E-state index contributed by atoms with van der Waals surface area (Å²) in [6.07, 6.45) is 0.132. The highest BCUT2D eigenvalue weighted by Gasteiger charge is 2.30. The molecule has 5 amide bonds. The van der Waals surface area contributed by atoms with Crippen LogP contribution in [0.2, 0.25) is 0 Å². The number of anilines is 1. The number of nitrogens with zero attached hydrogens (tertiary/aromatic N) is 2. The first-order valence-corrected chi connectivity index (χ1v) is 8.17. The summed E-state index contributed by atoms with van der Waals surface area (Å²) in [5.41, 5.74) is 0.192. The standard InChI is InChI=1S/C16H17N5O7/c22-12(7-18-14(24)9-20-15(25)5-6-16(20)26)17-8-13(23)19-10-1-3-11(4-2-10)21(27)28/h1-4H,5-9H2,(H,17,22)(H,18,24)(H,19,23). The second-order valence-electron chi connectivity index (χ2n) is 5.78. The molecule has 28 heavy (non-hydrogen) atoms. The maximum Gasteiger partial charge on any atom is 0.269 e. The number of carbonyl (C=O) groups is 5. The predicted molar refractivity (Wildman–Crippen MR) is 93.7 cm³/mol. The Labute approximate surface area is 158 Å². The molecule has 2 rings (SSSR count). The normalized spacial score (nSPS) is 13.2. The van der Waals surface area contributed by atoms with Crippen molar-refractivity contribution in [2.75, 3.05) is 25.0 Å². The number of nitrogens with one attached hydrogen (secondary N) is 3. The van der Waals surface area contributed by atoms with Gasteiger partial charge in [0.05, 0.1) is 18.0 Å². The minimum absolute atomic E-state index is 0.0659. The highest BCUT2D eigenvalue weighted by Crippen LogP contribution is 2.15. The van der Waals surface area contributed by atoms with Crippen LogP contribution in [0.1, 0.15) is 12.8 Å². The third-order valence-corrected chi connectivity index (χ3v) is 3.71. The molecule has 12 nitrogen and oxygen atoms in total. The van der Waals surface area contributed by atoms with E-state index in [0.29, 0.717) is 5.69 Å². The van der Waals surface area contributed by atoms with Crippen molar-refractivity contribution < 1.29 is 28.9 Å². The van der Waals surface area contributed by atoms with Gasteiger partial charge in [-0.3, -0.25) is 39.0 Å². The Kier molecular flexibility index (Phi) is 6.73. The van der Waals surface area contributed by atoms with E-state index in [1.807, 2.05) is 0 Å². The van der Waals surface area contributed by atoms with Gasteiger partial charge in [-0.05, 0) is 12.1 Å². The minimum atomic E-state index is -0.672. The van der Waals surface area contributed by atoms with Crippen molar-refractivity contribution in [2.24, 2.45) is 0 Å². The smallest absolute Gasteiger partial charge is 0.269 e. The second kappa shape index (κ2) is 9.21. The maximum absolute atomic E-state index is 11.7. The Morgan fingerprint density at radius 2 is 1.46 bits per heavy atom. The second-order valence-corrected chi connectivity index (χ2v) is 5.78. The summed E-state index contributed by atoms with van der Waals surface area (Å²) in [7, 11) is 0. The first kappa shape index (κ1) is 20.5. The monoisotopic (exact) mass is 391 g/mol. The van der Waals surface area contributed by atoms with Gasteiger partial charge in [0.15, 0.2) is 0 Å². The molecular weight excluding hydrogens is 374 g/mol. The number of nitro groups is 1. The van der Waals surface area contributed by atoms with Crippen molar-refractivity contribution in [1.29, 1.82) is 0 Å². The van der Waals surface area contributed by atoms with Crippen LogP contribution in [-0.4, -0.2) is 59.0 Å². The van der Waals surface area contributed by atoms with Gasteiger partial charge in [-0.25, -0.2) is 0 Å². The average molecular weight is 391 g/mol. The lowest BCUT2D eigenvalue weighted by Crippen LogP contribution is -2.44. The number of imide groups is 1. The van der Waals surface area contributed by atoms with Gasteiger partial charge in [0.1, 0.15) is 6.54 Å². The molecule has 0 saturated carbocycles. The van der Waals surface area contributed by atoms with Crippen molar-refractivity contribution in [3.8, 4) is 0 Å². The van der Waals surface area contributed by atoms with E-state index in [2.05, 4.69) is 16.0 Å². The molecule has 1 aliphatic heterocycles. The van der Waals surface area contributed by atoms with Crippen LogP contribution in [0.25, 0.3) is 0 Å². The number of nitro benzene ring substituents is 1. The van der Waals surface area contributed by atoms with Gasteiger partial charge in [-0.1, -0.05) is 0 Å². The summed E-state index contributed by atoms with van der Waals surface area (Å²) in [5.74, 6) is -2.76. The van der Waals surface area contributed by atoms with Gasteiger partial charge >= 0.3 is 0 Å². The number of benzene rings is 1. The molecule has 1 fully saturated rings. The minimum Gasteiger partial charge on any atom is -0.345 e. The van der Waals surface area contributed by atoms with E-state index in [9.17, 15) is 34.1 Å². The average Bonchev–Trinajstić information content (AvgIpc) is 2.97. The fourth-order valence-electron chi connectivity index (χ4n) is 2.29. The molecule has 1 aromatic rings. The molecule has 0 bridgehead atoms. The van der Waals surface area contributed by atoms with Crippen LogP contribution < -0.4 is 16.0 Å². The number of likely N-dealkylation sites (tertiary alicyclic amines) is 1. The van der Waals surface area contributed by atoms with Gasteiger partial charge in [0.25, 0.3) is 5.69 Å². The van der Waals surface area contributed by atoms with Crippen LogP contribution in [-0.2, 0) is 24.0 Å². The van der Waals surface area contributed by atoms with Crippen LogP contribution in [0.15, 0.2) is 24.3 Å². The lowest BCUT2D eigenvalue weighted by molar-refractivity contribution is -0.384. The quantitative estimate of drug-likeness (QED) is 0.287. The Hall–Kier alpha value is -3.83. The number of non-ortho nitro benzene ring substituents is 1. The van der Waals surface area contributed by atoms with Crippen molar-refractivity contribution >= 4 is 40.9 Å². The van der Waals surface area contributed by atoms with Crippen molar-refractivity contribution in [2.45, 2.75) is 12.8 Å². The van der Waals surface area contributed by atoms with E-state index in [1.54, 1.807) is 0 Å². The molecule has 0 aromatic heterocycles. The van der Waals surface area contributed by atoms with Gasteiger partial charge < -0.3 is 16.0 Å².